The summed E-state index contributed by atoms with van der Waals surface area (Å²) in [5.41, 5.74) is 2.50. The second-order valence-corrected chi connectivity index (χ2v) is 13.0. The minimum Gasteiger partial charge on any atom is -0.495 e. The highest BCUT2D eigenvalue weighted by molar-refractivity contribution is 7.89. The average molecular weight is 569 g/mol. The maximum absolute atomic E-state index is 13.6. The Morgan fingerprint density at radius 1 is 0.975 bits per heavy atom. The van der Waals surface area contributed by atoms with Crippen molar-refractivity contribution in [2.24, 2.45) is 0 Å². The molecule has 11 heteroatoms. The lowest BCUT2D eigenvalue weighted by Gasteiger charge is -2.39. The van der Waals surface area contributed by atoms with E-state index in [0.29, 0.717) is 42.4 Å². The van der Waals surface area contributed by atoms with Gasteiger partial charge in [0.15, 0.2) is 0 Å². The van der Waals surface area contributed by atoms with Crippen LogP contribution in [0.5, 0.6) is 5.75 Å². The molecule has 1 aromatic carbocycles. The number of anilines is 3. The van der Waals surface area contributed by atoms with Gasteiger partial charge in [0.1, 0.15) is 17.2 Å². The van der Waals surface area contributed by atoms with Crippen LogP contribution in [0.4, 0.5) is 17.2 Å². The molecule has 0 amide bonds. The molecular formula is C29H40N6O4S. The second-order valence-electron chi connectivity index (χ2n) is 11.0. The topological polar surface area (TPSA) is 112 Å². The Labute approximate surface area is 236 Å². The summed E-state index contributed by atoms with van der Waals surface area (Å²) in [7, 11) is -2.07. The van der Waals surface area contributed by atoms with Crippen molar-refractivity contribution < 1.29 is 17.9 Å². The standard InChI is InChI=1S/C29H40N6O4S/c1-38-27-19-23(40(36,37)35-13-10-22(11-14-35)34-15-17-39-18-16-34)7-8-25(27)32-28-20-26(24-9-12-30-29(24)33-28)31-21-5-3-2-4-6-21/h7-9,12,19-22H,2-6,10-11,13-18H2,1H3,(H3,30,31,32,33). The van der Waals surface area contributed by atoms with E-state index in [9.17, 15) is 8.42 Å². The highest BCUT2D eigenvalue weighted by Crippen LogP contribution is 2.34. The number of ether oxygens (including phenoxy) is 2. The van der Waals surface area contributed by atoms with E-state index in [4.69, 9.17) is 14.5 Å². The number of sulfonamides is 1. The first-order valence-corrected chi connectivity index (χ1v) is 16.0. The molecule has 0 unspecified atom stereocenters. The van der Waals surface area contributed by atoms with Crippen LogP contribution >= 0.6 is 0 Å². The minimum atomic E-state index is -3.63. The third-order valence-corrected chi connectivity index (χ3v) is 10.4. The van der Waals surface area contributed by atoms with Crippen LogP contribution in [0.2, 0.25) is 0 Å². The number of nitrogens with zero attached hydrogens (tertiary/aromatic N) is 3. The molecule has 10 nitrogen and oxygen atoms in total. The van der Waals surface area contributed by atoms with Crippen molar-refractivity contribution >= 4 is 38.2 Å². The smallest absolute Gasteiger partial charge is 0.243 e. The molecule has 0 atom stereocenters. The van der Waals surface area contributed by atoms with Gasteiger partial charge >= 0.3 is 0 Å². The molecule has 4 heterocycles. The van der Waals surface area contributed by atoms with Gasteiger partial charge in [-0.05, 0) is 43.9 Å². The molecule has 3 N–H and O–H groups in total. The molecule has 0 spiro atoms. The monoisotopic (exact) mass is 568 g/mol. The number of morpholine rings is 1. The van der Waals surface area contributed by atoms with Crippen LogP contribution in [-0.4, -0.2) is 86.2 Å². The van der Waals surface area contributed by atoms with Gasteiger partial charge < -0.3 is 25.1 Å². The van der Waals surface area contributed by atoms with Crippen molar-refractivity contribution in [2.45, 2.75) is 61.9 Å². The fraction of sp³-hybridized carbons (Fsp3) is 0.552. The Morgan fingerprint density at radius 2 is 1.75 bits per heavy atom. The first-order valence-electron chi connectivity index (χ1n) is 14.5. The summed E-state index contributed by atoms with van der Waals surface area (Å²) in [4.78, 5) is 10.7. The van der Waals surface area contributed by atoms with Gasteiger partial charge in [0.05, 0.1) is 30.9 Å². The number of hydrogen-bond acceptors (Lipinski definition) is 8. The molecule has 3 fully saturated rings. The number of rotatable bonds is 8. The molecule has 1 aliphatic carbocycles. The first kappa shape index (κ1) is 27.3. The number of H-pyrrole nitrogens is 1. The van der Waals surface area contributed by atoms with E-state index in [1.165, 1.54) is 32.1 Å². The molecule has 3 aliphatic rings. The van der Waals surface area contributed by atoms with Crippen LogP contribution in [0.1, 0.15) is 44.9 Å². The average Bonchev–Trinajstić information content (AvgIpc) is 3.47. The normalized spacial score (nSPS) is 20.5. The highest BCUT2D eigenvalue weighted by atomic mass is 32.2. The second kappa shape index (κ2) is 11.9. The summed E-state index contributed by atoms with van der Waals surface area (Å²) in [5.74, 6) is 1.12. The fourth-order valence-corrected chi connectivity index (χ4v) is 7.79. The van der Waals surface area contributed by atoms with Crippen molar-refractivity contribution in [1.29, 1.82) is 0 Å². The molecule has 3 aromatic rings. The van der Waals surface area contributed by atoms with Gasteiger partial charge in [0.2, 0.25) is 10.0 Å². The number of aromatic amines is 1. The van der Waals surface area contributed by atoms with Gasteiger partial charge in [-0.1, -0.05) is 19.3 Å². The Kier molecular flexibility index (Phi) is 8.15. The zero-order valence-electron chi connectivity index (χ0n) is 23.2. The molecule has 2 aliphatic heterocycles. The minimum absolute atomic E-state index is 0.243. The first-order chi connectivity index (χ1) is 19.5. The van der Waals surface area contributed by atoms with Crippen molar-refractivity contribution in [2.75, 3.05) is 57.1 Å². The van der Waals surface area contributed by atoms with Crippen molar-refractivity contribution in [3.63, 3.8) is 0 Å². The fourth-order valence-electron chi connectivity index (χ4n) is 6.30. The van der Waals surface area contributed by atoms with E-state index < -0.39 is 10.0 Å². The van der Waals surface area contributed by atoms with E-state index in [-0.39, 0.29) is 4.90 Å². The maximum atomic E-state index is 13.6. The third kappa shape index (κ3) is 5.79. The van der Waals surface area contributed by atoms with Gasteiger partial charge in [-0.3, -0.25) is 4.90 Å². The Balaban J connectivity index is 1.18. The lowest BCUT2D eigenvalue weighted by Crippen LogP contribution is -2.50. The van der Waals surface area contributed by atoms with Crippen LogP contribution in [0, 0.1) is 0 Å². The molecule has 2 saturated heterocycles. The Hall–Kier alpha value is -2.86. The van der Waals surface area contributed by atoms with E-state index >= 15 is 0 Å². The van der Waals surface area contributed by atoms with Gasteiger partial charge in [-0.15, -0.1) is 0 Å². The predicted molar refractivity (Wildman–Crippen MR) is 157 cm³/mol. The van der Waals surface area contributed by atoms with E-state index in [0.717, 1.165) is 55.9 Å². The van der Waals surface area contributed by atoms with Crippen LogP contribution in [0.15, 0.2) is 41.4 Å². The number of piperidine rings is 1. The molecule has 0 bridgehead atoms. The summed E-state index contributed by atoms with van der Waals surface area (Å²) in [6.45, 7) is 4.39. The maximum Gasteiger partial charge on any atom is 0.243 e. The van der Waals surface area contributed by atoms with Crippen LogP contribution in [0.25, 0.3) is 11.0 Å². The number of aromatic nitrogens is 2. The quantitative estimate of drug-likeness (QED) is 0.363. The lowest BCUT2D eigenvalue weighted by molar-refractivity contribution is 0.00610. The summed E-state index contributed by atoms with van der Waals surface area (Å²) in [6, 6.07) is 9.97. The van der Waals surface area contributed by atoms with Crippen molar-refractivity contribution in [1.82, 2.24) is 19.2 Å². The molecule has 40 heavy (non-hydrogen) atoms. The highest BCUT2D eigenvalue weighted by Gasteiger charge is 2.32. The zero-order valence-corrected chi connectivity index (χ0v) is 24.0. The van der Waals surface area contributed by atoms with Crippen LogP contribution in [-0.2, 0) is 14.8 Å². The van der Waals surface area contributed by atoms with Crippen LogP contribution < -0.4 is 15.4 Å². The zero-order chi connectivity index (χ0) is 27.5. The van der Waals surface area contributed by atoms with E-state index in [2.05, 4.69) is 20.5 Å². The molecule has 0 radical (unpaired) electrons. The van der Waals surface area contributed by atoms with Gasteiger partial charge in [-0.25, -0.2) is 13.4 Å². The largest absolute Gasteiger partial charge is 0.495 e. The molecule has 1 saturated carbocycles. The summed E-state index contributed by atoms with van der Waals surface area (Å²) in [5, 5.41) is 8.15. The Morgan fingerprint density at radius 3 is 2.50 bits per heavy atom. The summed E-state index contributed by atoms with van der Waals surface area (Å²) >= 11 is 0. The summed E-state index contributed by atoms with van der Waals surface area (Å²) < 4.78 is 39.8. The number of pyridine rings is 1. The van der Waals surface area contributed by atoms with Gasteiger partial charge in [0, 0.05) is 67.7 Å². The SMILES string of the molecule is COc1cc(S(=O)(=O)N2CCC(N3CCOCC3)CC2)ccc1Nc1cc(NC2CCCCC2)c2cc[nH]c2n1. The number of nitrogens with one attached hydrogen (secondary N) is 3. The lowest BCUT2D eigenvalue weighted by atomic mass is 9.95. The molecule has 2 aromatic heterocycles. The number of benzene rings is 1. The number of hydrogen-bond donors (Lipinski definition) is 3. The molecule has 216 valence electrons. The summed E-state index contributed by atoms with van der Waals surface area (Å²) in [6.07, 6.45) is 9.72. The van der Waals surface area contributed by atoms with Crippen molar-refractivity contribution in [3.8, 4) is 5.75 Å². The van der Waals surface area contributed by atoms with E-state index in [1.807, 2.05) is 18.3 Å². The molecule has 6 rings (SSSR count). The number of fused-ring (bicyclic) bond motifs is 1. The van der Waals surface area contributed by atoms with Crippen LogP contribution in [0.3, 0.4) is 0 Å². The van der Waals surface area contributed by atoms with Gasteiger partial charge in [0.25, 0.3) is 0 Å². The Bertz CT molecular complexity index is 1410. The van der Waals surface area contributed by atoms with Crippen molar-refractivity contribution in [3.05, 3.63) is 36.5 Å². The molecular weight excluding hydrogens is 528 g/mol. The van der Waals surface area contributed by atoms with Gasteiger partial charge in [-0.2, -0.15) is 4.31 Å². The number of methoxy groups -OCH3 is 1. The predicted octanol–water partition coefficient (Wildman–Crippen LogP) is 4.55. The third-order valence-electron chi connectivity index (χ3n) is 8.55. The van der Waals surface area contributed by atoms with E-state index in [1.54, 1.807) is 29.6 Å².